The third-order valence-corrected chi connectivity index (χ3v) is 3.80. The number of urea groups is 1. The first-order valence-corrected chi connectivity index (χ1v) is 6.83. The molecule has 0 atom stereocenters. The molecule has 5 heteroatoms. The summed E-state index contributed by atoms with van der Waals surface area (Å²) in [6.07, 6.45) is 0. The van der Waals surface area contributed by atoms with Gasteiger partial charge in [0.25, 0.3) is 0 Å². The maximum atomic E-state index is 13.3. The topological polar surface area (TPSA) is 41.1 Å². The highest BCUT2D eigenvalue weighted by Crippen LogP contribution is 2.14. The summed E-state index contributed by atoms with van der Waals surface area (Å²) in [7, 11) is 0. The molecule has 2 rings (SSSR count). The van der Waals surface area contributed by atoms with E-state index in [0.29, 0.717) is 12.1 Å². The lowest BCUT2D eigenvalue weighted by molar-refractivity contribution is 0.240. The van der Waals surface area contributed by atoms with E-state index in [-0.39, 0.29) is 18.4 Å². The van der Waals surface area contributed by atoms with Crippen molar-refractivity contribution in [2.75, 3.05) is 0 Å². The van der Waals surface area contributed by atoms with Gasteiger partial charge in [0.1, 0.15) is 5.82 Å². The van der Waals surface area contributed by atoms with Gasteiger partial charge in [-0.1, -0.05) is 18.2 Å². The normalized spacial score (nSPS) is 10.2. The van der Waals surface area contributed by atoms with Gasteiger partial charge in [0, 0.05) is 17.0 Å². The highest BCUT2D eigenvalue weighted by molar-refractivity contribution is 7.10. The molecule has 0 radical (unpaired) electrons. The standard InChI is InChI=1S/C14H15FN2OS/c1-10-6-7-19-13(10)9-17-14(18)16-8-11-4-2-3-5-12(11)15/h2-7H,8-9H2,1H3,(H2,16,17,18). The molecule has 3 nitrogen and oxygen atoms in total. The van der Waals surface area contributed by atoms with Crippen molar-refractivity contribution >= 4 is 17.4 Å². The second-order valence-electron chi connectivity index (χ2n) is 4.15. The van der Waals surface area contributed by atoms with E-state index in [1.165, 1.54) is 11.6 Å². The van der Waals surface area contributed by atoms with E-state index in [1.807, 2.05) is 18.4 Å². The summed E-state index contributed by atoms with van der Waals surface area (Å²) < 4.78 is 13.3. The van der Waals surface area contributed by atoms with Crippen LogP contribution in [0.3, 0.4) is 0 Å². The summed E-state index contributed by atoms with van der Waals surface area (Å²) in [5, 5.41) is 7.38. The van der Waals surface area contributed by atoms with Gasteiger partial charge in [-0.2, -0.15) is 0 Å². The Hall–Kier alpha value is -1.88. The van der Waals surface area contributed by atoms with Crippen molar-refractivity contribution < 1.29 is 9.18 Å². The van der Waals surface area contributed by atoms with E-state index in [4.69, 9.17) is 0 Å². The molecule has 0 aliphatic heterocycles. The number of hydrogen-bond donors (Lipinski definition) is 2. The van der Waals surface area contributed by atoms with Crippen molar-refractivity contribution in [3.05, 3.63) is 57.5 Å². The molecule has 0 spiro atoms. The van der Waals surface area contributed by atoms with Crippen LogP contribution >= 0.6 is 11.3 Å². The predicted octanol–water partition coefficient (Wildman–Crippen LogP) is 3.20. The molecular weight excluding hydrogens is 263 g/mol. The van der Waals surface area contributed by atoms with Crippen LogP contribution < -0.4 is 10.6 Å². The Bertz CT molecular complexity index is 568. The molecule has 0 fully saturated rings. The van der Waals surface area contributed by atoms with E-state index in [2.05, 4.69) is 10.6 Å². The number of thiophene rings is 1. The van der Waals surface area contributed by atoms with E-state index in [0.717, 1.165) is 4.88 Å². The first kappa shape index (κ1) is 13.5. The SMILES string of the molecule is Cc1ccsc1CNC(=O)NCc1ccccc1F. The Kier molecular flexibility index (Phi) is 4.52. The number of amides is 2. The number of rotatable bonds is 4. The largest absolute Gasteiger partial charge is 0.334 e. The summed E-state index contributed by atoms with van der Waals surface area (Å²) >= 11 is 1.61. The van der Waals surface area contributed by atoms with Crippen molar-refractivity contribution in [1.29, 1.82) is 0 Å². The minimum atomic E-state index is -0.308. The van der Waals surface area contributed by atoms with Crippen molar-refractivity contribution in [1.82, 2.24) is 10.6 Å². The van der Waals surface area contributed by atoms with E-state index in [1.54, 1.807) is 29.5 Å². The fourth-order valence-corrected chi connectivity index (χ4v) is 2.47. The first-order chi connectivity index (χ1) is 9.16. The lowest BCUT2D eigenvalue weighted by atomic mass is 10.2. The molecule has 2 amide bonds. The minimum absolute atomic E-state index is 0.182. The molecule has 1 aromatic carbocycles. The molecule has 0 bridgehead atoms. The van der Waals surface area contributed by atoms with E-state index >= 15 is 0 Å². The average molecular weight is 278 g/mol. The maximum absolute atomic E-state index is 13.3. The fourth-order valence-electron chi connectivity index (χ4n) is 1.63. The molecule has 0 aliphatic carbocycles. The Morgan fingerprint density at radius 3 is 2.63 bits per heavy atom. The Labute approximate surface area is 115 Å². The molecule has 1 aromatic heterocycles. The van der Waals surface area contributed by atoms with Gasteiger partial charge >= 0.3 is 6.03 Å². The summed E-state index contributed by atoms with van der Waals surface area (Å²) in [4.78, 5) is 12.7. The number of hydrogen-bond acceptors (Lipinski definition) is 2. The maximum Gasteiger partial charge on any atom is 0.315 e. The highest BCUT2D eigenvalue weighted by Gasteiger charge is 2.05. The quantitative estimate of drug-likeness (QED) is 0.886. The van der Waals surface area contributed by atoms with Gasteiger partial charge in [-0.25, -0.2) is 9.18 Å². The summed E-state index contributed by atoms with van der Waals surface area (Å²) in [6.45, 7) is 2.68. The average Bonchev–Trinajstić information content (AvgIpc) is 2.81. The van der Waals surface area contributed by atoms with Gasteiger partial charge in [-0.15, -0.1) is 11.3 Å². The van der Waals surface area contributed by atoms with Crippen LogP contribution in [-0.4, -0.2) is 6.03 Å². The predicted molar refractivity (Wildman–Crippen MR) is 74.5 cm³/mol. The van der Waals surface area contributed by atoms with Crippen LogP contribution in [0.15, 0.2) is 35.7 Å². The van der Waals surface area contributed by atoms with Gasteiger partial charge in [-0.3, -0.25) is 0 Å². The second kappa shape index (κ2) is 6.33. The summed E-state index contributed by atoms with van der Waals surface area (Å²) in [5.74, 6) is -0.308. The minimum Gasteiger partial charge on any atom is -0.334 e. The molecule has 0 saturated heterocycles. The third-order valence-electron chi connectivity index (χ3n) is 2.77. The fraction of sp³-hybridized carbons (Fsp3) is 0.214. The van der Waals surface area contributed by atoms with Gasteiger partial charge < -0.3 is 10.6 Å². The zero-order valence-corrected chi connectivity index (χ0v) is 11.4. The second-order valence-corrected chi connectivity index (χ2v) is 5.16. The van der Waals surface area contributed by atoms with Gasteiger partial charge in [0.05, 0.1) is 6.54 Å². The Morgan fingerprint density at radius 2 is 1.95 bits per heavy atom. The smallest absolute Gasteiger partial charge is 0.315 e. The van der Waals surface area contributed by atoms with Crippen LogP contribution in [-0.2, 0) is 13.1 Å². The van der Waals surface area contributed by atoms with Crippen LogP contribution in [0, 0.1) is 12.7 Å². The molecule has 100 valence electrons. The molecule has 2 N–H and O–H groups in total. The molecule has 19 heavy (non-hydrogen) atoms. The van der Waals surface area contributed by atoms with Gasteiger partial charge in [0.2, 0.25) is 0 Å². The lowest BCUT2D eigenvalue weighted by Gasteiger charge is -2.08. The van der Waals surface area contributed by atoms with Gasteiger partial charge in [0.15, 0.2) is 0 Å². The first-order valence-electron chi connectivity index (χ1n) is 5.95. The van der Waals surface area contributed by atoms with Crippen LogP contribution in [0.5, 0.6) is 0 Å². The number of nitrogens with one attached hydrogen (secondary N) is 2. The van der Waals surface area contributed by atoms with Crippen LogP contribution in [0.25, 0.3) is 0 Å². The zero-order chi connectivity index (χ0) is 13.7. The van der Waals surface area contributed by atoms with Crippen molar-refractivity contribution in [2.45, 2.75) is 20.0 Å². The molecule has 1 heterocycles. The number of aryl methyl sites for hydroxylation is 1. The molecule has 0 unspecified atom stereocenters. The van der Waals surface area contributed by atoms with Crippen molar-refractivity contribution in [3.8, 4) is 0 Å². The lowest BCUT2D eigenvalue weighted by Crippen LogP contribution is -2.34. The molecule has 0 aliphatic rings. The molecule has 2 aromatic rings. The van der Waals surface area contributed by atoms with Crippen molar-refractivity contribution in [2.24, 2.45) is 0 Å². The Balaban J connectivity index is 1.79. The van der Waals surface area contributed by atoms with Crippen molar-refractivity contribution in [3.63, 3.8) is 0 Å². The van der Waals surface area contributed by atoms with E-state index < -0.39 is 0 Å². The van der Waals surface area contributed by atoms with E-state index in [9.17, 15) is 9.18 Å². The number of benzene rings is 1. The zero-order valence-electron chi connectivity index (χ0n) is 10.6. The third kappa shape index (κ3) is 3.79. The van der Waals surface area contributed by atoms with Crippen LogP contribution in [0.4, 0.5) is 9.18 Å². The highest BCUT2D eigenvalue weighted by atomic mass is 32.1. The van der Waals surface area contributed by atoms with Crippen LogP contribution in [0.1, 0.15) is 16.0 Å². The molecular formula is C14H15FN2OS. The Morgan fingerprint density at radius 1 is 1.21 bits per heavy atom. The number of carbonyl (C=O) groups is 1. The molecule has 0 saturated carbocycles. The number of halogens is 1. The van der Waals surface area contributed by atoms with Gasteiger partial charge in [-0.05, 0) is 30.0 Å². The summed E-state index contributed by atoms with van der Waals surface area (Å²) in [6, 6.07) is 8.11. The van der Waals surface area contributed by atoms with Crippen LogP contribution in [0.2, 0.25) is 0 Å². The summed E-state index contributed by atoms with van der Waals surface area (Å²) in [5.41, 5.74) is 1.64. The number of carbonyl (C=O) groups excluding carboxylic acids is 1. The monoisotopic (exact) mass is 278 g/mol.